The molecule has 1 aliphatic rings. The summed E-state index contributed by atoms with van der Waals surface area (Å²) in [5.74, 6) is 1.52. The van der Waals surface area contributed by atoms with Gasteiger partial charge in [-0.1, -0.05) is 38.8 Å². The van der Waals surface area contributed by atoms with E-state index < -0.39 is 0 Å². The highest BCUT2D eigenvalue weighted by atomic mass is 15.2. The van der Waals surface area contributed by atoms with Crippen LogP contribution < -0.4 is 5.32 Å². The summed E-state index contributed by atoms with van der Waals surface area (Å²) in [6.07, 6.45) is 9.11. The first-order valence-corrected chi connectivity index (χ1v) is 7.64. The molecule has 0 spiro atoms. The van der Waals surface area contributed by atoms with E-state index in [-0.39, 0.29) is 0 Å². The van der Waals surface area contributed by atoms with Crippen LogP contribution in [0.5, 0.6) is 0 Å². The molecule has 20 heavy (non-hydrogen) atoms. The predicted molar refractivity (Wildman–Crippen MR) is 83.5 cm³/mol. The fraction of sp³-hybridized carbons (Fsp3) is 0.471. The third-order valence-electron chi connectivity index (χ3n) is 4.14. The number of hydrogen-bond acceptors (Lipinski definition) is 2. The molecule has 0 aliphatic heterocycles. The third kappa shape index (κ3) is 2.72. The number of rotatable bonds is 4. The van der Waals surface area contributed by atoms with Crippen molar-refractivity contribution in [3.63, 3.8) is 0 Å². The van der Waals surface area contributed by atoms with Crippen molar-refractivity contribution in [1.82, 2.24) is 9.55 Å². The van der Waals surface area contributed by atoms with E-state index in [0.717, 1.165) is 5.95 Å². The minimum atomic E-state index is 0.546. The third-order valence-corrected chi connectivity index (χ3v) is 4.14. The summed E-state index contributed by atoms with van der Waals surface area (Å²) in [7, 11) is 0. The molecule has 0 saturated heterocycles. The molecule has 1 aliphatic carbocycles. The molecule has 0 atom stereocenters. The van der Waals surface area contributed by atoms with Crippen LogP contribution in [0.1, 0.15) is 51.0 Å². The maximum absolute atomic E-state index is 4.48. The fourth-order valence-corrected chi connectivity index (χ4v) is 2.91. The highest BCUT2D eigenvalue weighted by Gasteiger charge is 2.17. The molecule has 0 radical (unpaired) electrons. The molecule has 0 bridgehead atoms. The van der Waals surface area contributed by atoms with Crippen molar-refractivity contribution in [2.45, 2.75) is 51.5 Å². The van der Waals surface area contributed by atoms with Gasteiger partial charge in [0.1, 0.15) is 0 Å². The standard InChI is InChI=1S/C17H23N3/c1-13(2)14-6-5-9-16(12-14)20-11-10-18-17(20)19-15-7-3-4-8-15/h5-6,9-13,15H,3-4,7-8H2,1-2H3,(H,18,19). The quantitative estimate of drug-likeness (QED) is 0.894. The Morgan fingerprint density at radius 1 is 1.25 bits per heavy atom. The Kier molecular flexibility index (Phi) is 3.77. The summed E-state index contributed by atoms with van der Waals surface area (Å²) in [4.78, 5) is 4.48. The van der Waals surface area contributed by atoms with Crippen LogP contribution >= 0.6 is 0 Å². The summed E-state index contributed by atoms with van der Waals surface area (Å²) in [6, 6.07) is 9.31. The van der Waals surface area contributed by atoms with Crippen molar-refractivity contribution in [1.29, 1.82) is 0 Å². The van der Waals surface area contributed by atoms with Gasteiger partial charge in [0.2, 0.25) is 5.95 Å². The van der Waals surface area contributed by atoms with Crippen LogP contribution in [0, 0.1) is 0 Å². The lowest BCUT2D eigenvalue weighted by Gasteiger charge is -2.15. The van der Waals surface area contributed by atoms with Crippen LogP contribution in [0.15, 0.2) is 36.7 Å². The highest BCUT2D eigenvalue weighted by Crippen LogP contribution is 2.24. The van der Waals surface area contributed by atoms with E-state index in [9.17, 15) is 0 Å². The Labute approximate surface area is 121 Å². The van der Waals surface area contributed by atoms with Crippen LogP contribution in [0.25, 0.3) is 5.69 Å². The van der Waals surface area contributed by atoms with E-state index in [0.29, 0.717) is 12.0 Å². The molecular formula is C17H23N3. The Morgan fingerprint density at radius 2 is 2.05 bits per heavy atom. The lowest BCUT2D eigenvalue weighted by molar-refractivity contribution is 0.740. The van der Waals surface area contributed by atoms with Crippen LogP contribution in [0.3, 0.4) is 0 Å². The van der Waals surface area contributed by atoms with Gasteiger partial charge in [-0.25, -0.2) is 4.98 Å². The number of anilines is 1. The largest absolute Gasteiger partial charge is 0.353 e. The average Bonchev–Trinajstić information content (AvgIpc) is 3.11. The van der Waals surface area contributed by atoms with Gasteiger partial charge >= 0.3 is 0 Å². The number of nitrogens with one attached hydrogen (secondary N) is 1. The molecule has 0 amide bonds. The molecule has 1 aromatic carbocycles. The summed E-state index contributed by atoms with van der Waals surface area (Å²) in [5.41, 5.74) is 2.55. The van der Waals surface area contributed by atoms with Gasteiger partial charge in [-0.3, -0.25) is 4.57 Å². The van der Waals surface area contributed by atoms with Crippen molar-refractivity contribution < 1.29 is 0 Å². The van der Waals surface area contributed by atoms with Crippen LogP contribution in [0.4, 0.5) is 5.95 Å². The molecule has 1 heterocycles. The monoisotopic (exact) mass is 269 g/mol. The molecule has 1 saturated carbocycles. The van der Waals surface area contributed by atoms with Gasteiger partial charge in [0.25, 0.3) is 0 Å². The second kappa shape index (κ2) is 5.70. The average molecular weight is 269 g/mol. The SMILES string of the molecule is CC(C)c1cccc(-n2ccnc2NC2CCCC2)c1. The van der Waals surface area contributed by atoms with Gasteiger partial charge in [0.15, 0.2) is 0 Å². The first-order valence-electron chi connectivity index (χ1n) is 7.64. The molecule has 106 valence electrons. The molecule has 3 nitrogen and oxygen atoms in total. The van der Waals surface area contributed by atoms with Gasteiger partial charge in [0.05, 0.1) is 0 Å². The minimum absolute atomic E-state index is 0.546. The summed E-state index contributed by atoms with van der Waals surface area (Å²) in [6.45, 7) is 4.45. The zero-order chi connectivity index (χ0) is 13.9. The normalized spacial score (nSPS) is 15.9. The van der Waals surface area contributed by atoms with E-state index in [2.05, 4.69) is 53.0 Å². The molecule has 1 N–H and O–H groups in total. The number of hydrogen-bond donors (Lipinski definition) is 1. The molecule has 3 rings (SSSR count). The predicted octanol–water partition coefficient (Wildman–Crippen LogP) is 4.35. The number of aromatic nitrogens is 2. The molecule has 1 fully saturated rings. The molecule has 3 heteroatoms. The Balaban J connectivity index is 1.86. The zero-order valence-corrected chi connectivity index (χ0v) is 12.3. The topological polar surface area (TPSA) is 29.9 Å². The maximum atomic E-state index is 4.48. The second-order valence-electron chi connectivity index (χ2n) is 6.00. The van der Waals surface area contributed by atoms with Crippen LogP contribution in [0.2, 0.25) is 0 Å². The van der Waals surface area contributed by atoms with Crippen molar-refractivity contribution in [2.24, 2.45) is 0 Å². The van der Waals surface area contributed by atoms with E-state index in [1.807, 2.05) is 12.4 Å². The minimum Gasteiger partial charge on any atom is -0.353 e. The van der Waals surface area contributed by atoms with Crippen LogP contribution in [-0.2, 0) is 0 Å². The van der Waals surface area contributed by atoms with Gasteiger partial charge in [-0.05, 0) is 36.5 Å². The van der Waals surface area contributed by atoms with E-state index in [4.69, 9.17) is 0 Å². The second-order valence-corrected chi connectivity index (χ2v) is 6.00. The van der Waals surface area contributed by atoms with Gasteiger partial charge in [0, 0.05) is 24.1 Å². The van der Waals surface area contributed by atoms with Gasteiger partial charge < -0.3 is 5.32 Å². The number of benzene rings is 1. The van der Waals surface area contributed by atoms with E-state index in [1.165, 1.54) is 36.9 Å². The molecule has 0 unspecified atom stereocenters. The Morgan fingerprint density at radius 3 is 2.80 bits per heavy atom. The van der Waals surface area contributed by atoms with Gasteiger partial charge in [-0.15, -0.1) is 0 Å². The van der Waals surface area contributed by atoms with Crippen molar-refractivity contribution in [2.75, 3.05) is 5.32 Å². The summed E-state index contributed by atoms with van der Waals surface area (Å²) < 4.78 is 2.16. The number of nitrogens with zero attached hydrogens (tertiary/aromatic N) is 2. The zero-order valence-electron chi connectivity index (χ0n) is 12.3. The molecule has 2 aromatic rings. The van der Waals surface area contributed by atoms with Crippen molar-refractivity contribution in [3.8, 4) is 5.69 Å². The van der Waals surface area contributed by atoms with Gasteiger partial charge in [-0.2, -0.15) is 0 Å². The smallest absolute Gasteiger partial charge is 0.207 e. The molecular weight excluding hydrogens is 246 g/mol. The summed E-state index contributed by atoms with van der Waals surface area (Å²) in [5, 5.41) is 3.59. The lowest BCUT2D eigenvalue weighted by Crippen LogP contribution is -2.17. The Hall–Kier alpha value is -1.77. The van der Waals surface area contributed by atoms with E-state index >= 15 is 0 Å². The highest BCUT2D eigenvalue weighted by molar-refractivity contribution is 5.44. The van der Waals surface area contributed by atoms with E-state index in [1.54, 1.807) is 0 Å². The van der Waals surface area contributed by atoms with Crippen molar-refractivity contribution in [3.05, 3.63) is 42.2 Å². The fourth-order valence-electron chi connectivity index (χ4n) is 2.91. The first-order chi connectivity index (χ1) is 9.74. The molecule has 1 aromatic heterocycles. The Bertz CT molecular complexity index is 565. The number of imidazole rings is 1. The van der Waals surface area contributed by atoms with Crippen LogP contribution in [-0.4, -0.2) is 15.6 Å². The van der Waals surface area contributed by atoms with Crippen molar-refractivity contribution >= 4 is 5.95 Å². The lowest BCUT2D eigenvalue weighted by atomic mass is 10.0. The maximum Gasteiger partial charge on any atom is 0.207 e. The first kappa shape index (κ1) is 13.2. The summed E-state index contributed by atoms with van der Waals surface area (Å²) >= 11 is 0.